The van der Waals surface area contributed by atoms with E-state index in [0.29, 0.717) is 19.6 Å². The Bertz CT molecular complexity index is 983. The molecule has 0 aliphatic heterocycles. The predicted octanol–water partition coefficient (Wildman–Crippen LogP) is 5.31. The minimum absolute atomic E-state index is 0.124. The smallest absolute Gasteiger partial charge is 0.174 e. The summed E-state index contributed by atoms with van der Waals surface area (Å²) in [6.07, 6.45) is 1.53. The Hall–Kier alpha value is -1.73. The monoisotopic (exact) mass is 446 g/mol. The van der Waals surface area contributed by atoms with Crippen molar-refractivity contribution in [3.8, 4) is 11.1 Å². The summed E-state index contributed by atoms with van der Waals surface area (Å²) in [5.41, 5.74) is 6.50. The van der Waals surface area contributed by atoms with Crippen LogP contribution in [0.4, 0.5) is 0 Å². The first-order chi connectivity index (χ1) is 14.9. The molecule has 0 spiro atoms. The minimum atomic E-state index is -3.28. The van der Waals surface area contributed by atoms with Gasteiger partial charge in [0.25, 0.3) is 0 Å². The molecule has 31 heavy (non-hydrogen) atoms. The molecule has 1 aliphatic carbocycles. The summed E-state index contributed by atoms with van der Waals surface area (Å²) in [7, 11) is -1.58. The van der Waals surface area contributed by atoms with Gasteiger partial charge in [0.1, 0.15) is 18.1 Å². The van der Waals surface area contributed by atoms with Crippen LogP contribution < -0.4 is 0 Å². The molecule has 0 radical (unpaired) electrons. The van der Waals surface area contributed by atoms with Gasteiger partial charge in [-0.2, -0.15) is 0 Å². The number of hydrogen-bond acceptors (Lipinski definition) is 5. The molecule has 170 valence electrons. The zero-order chi connectivity index (χ0) is 22.4. The molecule has 0 aromatic heterocycles. The number of ether oxygens (including phenoxy) is 3. The molecule has 0 saturated carbocycles. The lowest BCUT2D eigenvalue weighted by atomic mass is 9.80. The molecule has 1 aliphatic rings. The zero-order valence-electron chi connectivity index (χ0n) is 19.0. The van der Waals surface area contributed by atoms with Crippen molar-refractivity contribution in [1.82, 2.24) is 0 Å². The molecule has 2 aromatic carbocycles. The number of unbranched alkanes of at least 4 members (excludes halogenated alkanes) is 1. The summed E-state index contributed by atoms with van der Waals surface area (Å²) in [6.45, 7) is 7.21. The lowest BCUT2D eigenvalue weighted by Gasteiger charge is -2.35. The van der Waals surface area contributed by atoms with Gasteiger partial charge in [0.15, 0.2) is 9.84 Å². The Kier molecular flexibility index (Phi) is 8.28. The number of benzene rings is 2. The Labute approximate surface area is 186 Å². The molecular formula is C25H34O5S. The van der Waals surface area contributed by atoms with Crippen LogP contribution in [0.1, 0.15) is 60.6 Å². The normalized spacial score (nSPS) is 17.9. The third-order valence-corrected chi connectivity index (χ3v) is 7.10. The Morgan fingerprint density at radius 1 is 0.839 bits per heavy atom. The van der Waals surface area contributed by atoms with Crippen molar-refractivity contribution in [2.45, 2.75) is 52.2 Å². The molecule has 6 heteroatoms. The Morgan fingerprint density at radius 2 is 1.39 bits per heavy atom. The van der Waals surface area contributed by atoms with E-state index in [1.54, 1.807) is 7.11 Å². The van der Waals surface area contributed by atoms with E-state index in [9.17, 15) is 8.42 Å². The average Bonchev–Trinajstić information content (AvgIpc) is 2.72. The van der Waals surface area contributed by atoms with E-state index in [1.807, 2.05) is 13.8 Å². The van der Waals surface area contributed by atoms with Crippen LogP contribution in [0, 0.1) is 13.8 Å². The molecule has 0 heterocycles. The van der Waals surface area contributed by atoms with E-state index < -0.39 is 15.9 Å². The van der Waals surface area contributed by atoms with Crippen molar-refractivity contribution >= 4 is 9.84 Å². The van der Waals surface area contributed by atoms with Gasteiger partial charge in [-0.1, -0.05) is 54.4 Å². The molecule has 0 fully saturated rings. The van der Waals surface area contributed by atoms with Gasteiger partial charge in [-0.3, -0.25) is 0 Å². The second-order valence-corrected chi connectivity index (χ2v) is 10.5. The molecule has 3 rings (SSSR count). The van der Waals surface area contributed by atoms with Gasteiger partial charge < -0.3 is 14.2 Å². The molecular weight excluding hydrogens is 412 g/mol. The maximum absolute atomic E-state index is 12.4. The fourth-order valence-corrected chi connectivity index (χ4v) is 5.21. The van der Waals surface area contributed by atoms with Crippen molar-refractivity contribution in [2.24, 2.45) is 0 Å². The van der Waals surface area contributed by atoms with Gasteiger partial charge in [-0.15, -0.1) is 0 Å². The standard InChI is InChI=1S/C25H34O5S/c1-5-14-31(26,27)17-30-25-23-16-19(3)9-11-21(23)20-10-8-18(2)15-22(20)24(25)29-13-7-6-12-28-4/h8-11,15-16,24-25H,5-7,12-14,17H2,1-4H3. The number of fused-ring (bicyclic) bond motifs is 3. The molecule has 0 bridgehead atoms. The molecule has 2 atom stereocenters. The van der Waals surface area contributed by atoms with Gasteiger partial charge in [0.05, 0.1) is 5.75 Å². The Balaban J connectivity index is 1.97. The van der Waals surface area contributed by atoms with E-state index in [-0.39, 0.29) is 17.8 Å². The number of sulfone groups is 1. The van der Waals surface area contributed by atoms with Crippen molar-refractivity contribution < 1.29 is 22.6 Å². The van der Waals surface area contributed by atoms with Gasteiger partial charge in [0, 0.05) is 20.3 Å². The van der Waals surface area contributed by atoms with Crippen LogP contribution in [0.15, 0.2) is 36.4 Å². The third-order valence-electron chi connectivity index (χ3n) is 5.57. The van der Waals surface area contributed by atoms with Crippen molar-refractivity contribution in [3.05, 3.63) is 58.7 Å². The summed E-state index contributed by atoms with van der Waals surface area (Å²) in [6, 6.07) is 12.6. The molecule has 0 amide bonds. The topological polar surface area (TPSA) is 61.8 Å². The van der Waals surface area contributed by atoms with Crippen LogP contribution in [0.3, 0.4) is 0 Å². The highest BCUT2D eigenvalue weighted by Gasteiger charge is 2.36. The zero-order valence-corrected chi connectivity index (χ0v) is 19.8. The first-order valence-electron chi connectivity index (χ1n) is 11.0. The van der Waals surface area contributed by atoms with Crippen LogP contribution >= 0.6 is 0 Å². The Morgan fingerprint density at radius 3 is 1.94 bits per heavy atom. The van der Waals surface area contributed by atoms with E-state index in [4.69, 9.17) is 14.2 Å². The molecule has 0 N–H and O–H groups in total. The predicted molar refractivity (Wildman–Crippen MR) is 124 cm³/mol. The number of aryl methyl sites for hydroxylation is 2. The maximum atomic E-state index is 12.4. The third kappa shape index (κ3) is 5.95. The minimum Gasteiger partial charge on any atom is -0.385 e. The summed E-state index contributed by atoms with van der Waals surface area (Å²) >= 11 is 0. The highest BCUT2D eigenvalue weighted by molar-refractivity contribution is 7.91. The fraction of sp³-hybridized carbons (Fsp3) is 0.520. The van der Waals surface area contributed by atoms with E-state index in [2.05, 4.69) is 43.3 Å². The number of methoxy groups -OCH3 is 1. The van der Waals surface area contributed by atoms with Crippen LogP contribution in [-0.2, 0) is 24.0 Å². The first-order valence-corrected chi connectivity index (χ1v) is 12.8. The largest absolute Gasteiger partial charge is 0.385 e. The highest BCUT2D eigenvalue weighted by Crippen LogP contribution is 2.48. The van der Waals surface area contributed by atoms with Gasteiger partial charge in [-0.05, 0) is 55.4 Å². The first kappa shape index (κ1) is 23.9. The summed E-state index contributed by atoms with van der Waals surface area (Å²) < 4.78 is 42.5. The number of hydrogen-bond donors (Lipinski definition) is 0. The van der Waals surface area contributed by atoms with Crippen LogP contribution in [-0.4, -0.2) is 40.4 Å². The SMILES string of the molecule is CCCS(=O)(=O)COC1c2cc(C)ccc2-c2ccc(C)cc2C1OCCCCOC. The maximum Gasteiger partial charge on any atom is 0.174 e. The second-order valence-electron chi connectivity index (χ2n) is 8.33. The lowest BCUT2D eigenvalue weighted by Crippen LogP contribution is -2.26. The van der Waals surface area contributed by atoms with Crippen molar-refractivity contribution in [3.63, 3.8) is 0 Å². The van der Waals surface area contributed by atoms with E-state index in [0.717, 1.165) is 46.2 Å². The van der Waals surface area contributed by atoms with Gasteiger partial charge in [0.2, 0.25) is 0 Å². The highest BCUT2D eigenvalue weighted by atomic mass is 32.2. The fourth-order valence-electron chi connectivity index (χ4n) is 4.11. The van der Waals surface area contributed by atoms with E-state index >= 15 is 0 Å². The van der Waals surface area contributed by atoms with Crippen molar-refractivity contribution in [2.75, 3.05) is 32.0 Å². The average molecular weight is 447 g/mol. The van der Waals surface area contributed by atoms with Crippen LogP contribution in [0.2, 0.25) is 0 Å². The quantitative estimate of drug-likeness (QED) is 0.438. The molecule has 0 saturated heterocycles. The summed E-state index contributed by atoms with van der Waals surface area (Å²) in [4.78, 5) is 0. The van der Waals surface area contributed by atoms with Crippen LogP contribution in [0.25, 0.3) is 11.1 Å². The molecule has 2 unspecified atom stereocenters. The van der Waals surface area contributed by atoms with Gasteiger partial charge in [-0.25, -0.2) is 8.42 Å². The number of rotatable bonds is 11. The summed E-state index contributed by atoms with van der Waals surface area (Å²) in [5, 5.41) is 0. The summed E-state index contributed by atoms with van der Waals surface area (Å²) in [5.74, 6) is -0.178. The molecule has 5 nitrogen and oxygen atoms in total. The van der Waals surface area contributed by atoms with Crippen LogP contribution in [0.5, 0.6) is 0 Å². The second kappa shape index (κ2) is 10.7. The van der Waals surface area contributed by atoms with E-state index in [1.165, 1.54) is 0 Å². The van der Waals surface area contributed by atoms with Crippen molar-refractivity contribution in [1.29, 1.82) is 0 Å². The van der Waals surface area contributed by atoms with Gasteiger partial charge >= 0.3 is 0 Å². The molecule has 2 aromatic rings. The lowest BCUT2D eigenvalue weighted by molar-refractivity contribution is -0.0689.